The summed E-state index contributed by atoms with van der Waals surface area (Å²) >= 11 is 0. The van der Waals surface area contributed by atoms with E-state index in [4.69, 9.17) is 0 Å². The van der Waals surface area contributed by atoms with Crippen LogP contribution in [0.25, 0.3) is 0 Å². The Morgan fingerprint density at radius 3 is 2.44 bits per heavy atom. The smallest absolute Gasteiger partial charge is 0.225 e. The molecule has 7 nitrogen and oxygen atoms in total. The van der Waals surface area contributed by atoms with Crippen molar-refractivity contribution in [3.63, 3.8) is 0 Å². The topological polar surface area (TPSA) is 81.6 Å². The summed E-state index contributed by atoms with van der Waals surface area (Å²) in [6.07, 6.45) is 4.00. The van der Waals surface area contributed by atoms with E-state index in [1.54, 1.807) is 7.05 Å². The number of carbonyl (C=O) groups excluding carboxylic acids is 1. The second-order valence-electron chi connectivity index (χ2n) is 8.10. The molecule has 0 atom stereocenters. The SMILES string of the molecule is CN=C(NCCNC(=O)C(C)(C)C)NC1CCN(c2ccc(C)cn2)CC1. The van der Waals surface area contributed by atoms with Crippen LogP contribution in [0.1, 0.15) is 39.2 Å². The van der Waals surface area contributed by atoms with Crippen LogP contribution in [0.4, 0.5) is 5.82 Å². The zero-order valence-electron chi connectivity index (χ0n) is 17.3. The molecule has 1 fully saturated rings. The maximum absolute atomic E-state index is 11.9. The summed E-state index contributed by atoms with van der Waals surface area (Å²) in [5.74, 6) is 1.90. The van der Waals surface area contributed by atoms with Gasteiger partial charge in [0.1, 0.15) is 5.82 Å². The van der Waals surface area contributed by atoms with Crippen LogP contribution in [-0.2, 0) is 4.79 Å². The van der Waals surface area contributed by atoms with Gasteiger partial charge in [0.15, 0.2) is 5.96 Å². The Labute approximate surface area is 163 Å². The fourth-order valence-electron chi connectivity index (χ4n) is 2.91. The fraction of sp³-hybridized carbons (Fsp3) is 0.650. The van der Waals surface area contributed by atoms with Crippen LogP contribution in [-0.4, -0.2) is 56.1 Å². The molecule has 0 spiro atoms. The van der Waals surface area contributed by atoms with E-state index >= 15 is 0 Å². The van der Waals surface area contributed by atoms with E-state index in [0.29, 0.717) is 19.1 Å². The Kier molecular flexibility index (Phi) is 7.45. The molecule has 1 aliphatic rings. The van der Waals surface area contributed by atoms with E-state index in [9.17, 15) is 4.79 Å². The molecule has 2 rings (SSSR count). The molecular weight excluding hydrogens is 340 g/mol. The Hall–Kier alpha value is -2.31. The van der Waals surface area contributed by atoms with E-state index in [2.05, 4.69) is 49.9 Å². The average Bonchev–Trinajstić information content (AvgIpc) is 2.64. The molecule has 0 aromatic carbocycles. The minimum atomic E-state index is -0.361. The van der Waals surface area contributed by atoms with Gasteiger partial charge >= 0.3 is 0 Å². The summed E-state index contributed by atoms with van der Waals surface area (Å²) in [6, 6.07) is 4.59. The van der Waals surface area contributed by atoms with Crippen molar-refractivity contribution in [2.75, 3.05) is 38.1 Å². The molecule has 7 heteroatoms. The highest BCUT2D eigenvalue weighted by molar-refractivity contribution is 5.82. The zero-order valence-corrected chi connectivity index (χ0v) is 17.3. The highest BCUT2D eigenvalue weighted by Gasteiger charge is 2.22. The molecule has 0 saturated carbocycles. The second kappa shape index (κ2) is 9.58. The zero-order chi connectivity index (χ0) is 19.9. The molecule has 1 amide bonds. The van der Waals surface area contributed by atoms with Gasteiger partial charge in [-0.15, -0.1) is 0 Å². The molecule has 0 bridgehead atoms. The molecule has 2 heterocycles. The summed E-state index contributed by atoms with van der Waals surface area (Å²) in [4.78, 5) is 23.0. The minimum absolute atomic E-state index is 0.0596. The highest BCUT2D eigenvalue weighted by atomic mass is 16.2. The van der Waals surface area contributed by atoms with Crippen molar-refractivity contribution in [1.29, 1.82) is 0 Å². The number of aryl methyl sites for hydroxylation is 1. The maximum atomic E-state index is 11.9. The van der Waals surface area contributed by atoms with Gasteiger partial charge in [-0.25, -0.2) is 4.98 Å². The number of piperidine rings is 1. The van der Waals surface area contributed by atoms with Gasteiger partial charge in [-0.1, -0.05) is 26.8 Å². The van der Waals surface area contributed by atoms with Gasteiger partial charge < -0.3 is 20.9 Å². The first-order valence-electron chi connectivity index (χ1n) is 9.72. The van der Waals surface area contributed by atoms with E-state index < -0.39 is 0 Å². The number of carbonyl (C=O) groups is 1. The molecule has 1 aromatic rings. The van der Waals surface area contributed by atoms with Crippen molar-refractivity contribution in [2.24, 2.45) is 10.4 Å². The molecule has 27 heavy (non-hydrogen) atoms. The Morgan fingerprint density at radius 1 is 1.22 bits per heavy atom. The first-order valence-corrected chi connectivity index (χ1v) is 9.72. The summed E-state index contributed by atoms with van der Waals surface area (Å²) in [6.45, 7) is 11.0. The number of pyridine rings is 1. The van der Waals surface area contributed by atoms with Crippen LogP contribution in [0.5, 0.6) is 0 Å². The van der Waals surface area contributed by atoms with Crippen LogP contribution < -0.4 is 20.9 Å². The molecule has 1 aliphatic heterocycles. The standard InChI is InChI=1S/C20H34N6O/c1-15-6-7-17(24-14-15)26-12-8-16(9-13-26)25-19(21-5)23-11-10-22-18(27)20(2,3)4/h6-7,14,16H,8-13H2,1-5H3,(H,22,27)(H2,21,23,25). The van der Waals surface area contributed by atoms with Crippen LogP contribution >= 0.6 is 0 Å². The van der Waals surface area contributed by atoms with Crippen LogP contribution in [0.3, 0.4) is 0 Å². The third-order valence-electron chi connectivity index (χ3n) is 4.66. The third-order valence-corrected chi connectivity index (χ3v) is 4.66. The number of hydrogen-bond acceptors (Lipinski definition) is 4. The number of nitrogens with one attached hydrogen (secondary N) is 3. The lowest BCUT2D eigenvalue weighted by Crippen LogP contribution is -2.50. The summed E-state index contributed by atoms with van der Waals surface area (Å²) in [7, 11) is 1.77. The highest BCUT2D eigenvalue weighted by Crippen LogP contribution is 2.18. The van der Waals surface area contributed by atoms with Crippen molar-refractivity contribution in [2.45, 2.75) is 46.6 Å². The Morgan fingerprint density at radius 2 is 1.89 bits per heavy atom. The minimum Gasteiger partial charge on any atom is -0.356 e. The number of rotatable bonds is 5. The van der Waals surface area contributed by atoms with Crippen molar-refractivity contribution in [3.8, 4) is 0 Å². The number of nitrogens with zero attached hydrogens (tertiary/aromatic N) is 3. The van der Waals surface area contributed by atoms with Crippen molar-refractivity contribution < 1.29 is 4.79 Å². The number of amides is 1. The van der Waals surface area contributed by atoms with Crippen LogP contribution in [0, 0.1) is 12.3 Å². The van der Waals surface area contributed by atoms with Crippen molar-refractivity contribution >= 4 is 17.7 Å². The first-order chi connectivity index (χ1) is 12.8. The summed E-state index contributed by atoms with van der Waals surface area (Å²) < 4.78 is 0. The molecular formula is C20H34N6O. The molecule has 1 aromatic heterocycles. The molecule has 3 N–H and O–H groups in total. The van der Waals surface area contributed by atoms with Gasteiger partial charge in [0.25, 0.3) is 0 Å². The quantitative estimate of drug-likeness (QED) is 0.415. The van der Waals surface area contributed by atoms with Crippen molar-refractivity contribution in [3.05, 3.63) is 23.9 Å². The van der Waals surface area contributed by atoms with E-state index in [1.165, 1.54) is 5.56 Å². The Balaban J connectivity index is 1.70. The number of anilines is 1. The van der Waals surface area contributed by atoms with Gasteiger partial charge in [-0.2, -0.15) is 0 Å². The van der Waals surface area contributed by atoms with E-state index in [1.807, 2.05) is 27.0 Å². The lowest BCUT2D eigenvalue weighted by Gasteiger charge is -2.33. The van der Waals surface area contributed by atoms with Gasteiger partial charge in [0.2, 0.25) is 5.91 Å². The number of aromatic nitrogens is 1. The molecule has 0 aliphatic carbocycles. The summed E-state index contributed by atoms with van der Waals surface area (Å²) in [5.41, 5.74) is 0.823. The lowest BCUT2D eigenvalue weighted by atomic mass is 9.96. The van der Waals surface area contributed by atoms with Crippen LogP contribution in [0.15, 0.2) is 23.3 Å². The summed E-state index contributed by atoms with van der Waals surface area (Å²) in [5, 5.41) is 9.69. The monoisotopic (exact) mass is 374 g/mol. The van der Waals surface area contributed by atoms with E-state index in [-0.39, 0.29) is 11.3 Å². The fourth-order valence-corrected chi connectivity index (χ4v) is 2.91. The average molecular weight is 375 g/mol. The van der Waals surface area contributed by atoms with Crippen LogP contribution in [0.2, 0.25) is 0 Å². The van der Waals surface area contributed by atoms with Gasteiger partial charge in [-0.05, 0) is 31.4 Å². The maximum Gasteiger partial charge on any atom is 0.225 e. The second-order valence-corrected chi connectivity index (χ2v) is 8.10. The predicted octanol–water partition coefficient (Wildman–Crippen LogP) is 1.69. The third kappa shape index (κ3) is 6.73. The van der Waals surface area contributed by atoms with Crippen molar-refractivity contribution in [1.82, 2.24) is 20.9 Å². The van der Waals surface area contributed by atoms with E-state index in [0.717, 1.165) is 37.7 Å². The Bertz CT molecular complexity index is 627. The van der Waals surface area contributed by atoms with Gasteiger partial charge in [0, 0.05) is 50.9 Å². The largest absolute Gasteiger partial charge is 0.356 e. The number of guanidine groups is 1. The number of aliphatic imine (C=N–C) groups is 1. The number of hydrogen-bond donors (Lipinski definition) is 3. The van der Waals surface area contributed by atoms with Gasteiger partial charge in [0.05, 0.1) is 0 Å². The molecule has 0 radical (unpaired) electrons. The molecule has 0 unspecified atom stereocenters. The normalized spacial score (nSPS) is 16.2. The molecule has 1 saturated heterocycles. The lowest BCUT2D eigenvalue weighted by molar-refractivity contribution is -0.128. The molecule has 150 valence electrons. The van der Waals surface area contributed by atoms with Gasteiger partial charge in [-0.3, -0.25) is 9.79 Å². The predicted molar refractivity (Wildman–Crippen MR) is 111 cm³/mol. The first kappa shape index (κ1) is 21.0.